The molecule has 0 bridgehead atoms. The van der Waals surface area contributed by atoms with Gasteiger partial charge in [-0.1, -0.05) is 24.6 Å². The molecule has 2 atom stereocenters. The minimum absolute atomic E-state index is 0.236. The fourth-order valence-electron chi connectivity index (χ4n) is 1.95. The van der Waals surface area contributed by atoms with E-state index in [-0.39, 0.29) is 12.5 Å². The number of hydrazone groups is 1. The highest BCUT2D eigenvalue weighted by Gasteiger charge is 2.30. The van der Waals surface area contributed by atoms with Crippen molar-refractivity contribution in [3.8, 4) is 0 Å². The number of carbonyl (C=O) groups excluding carboxylic acids is 1. The summed E-state index contributed by atoms with van der Waals surface area (Å²) in [6, 6.07) is 6.87. The van der Waals surface area contributed by atoms with Crippen LogP contribution in [0, 0.1) is 6.92 Å². The number of aryl methyl sites for hydroxylation is 1. The molecule has 2 rings (SSSR count). The molecule has 1 aromatic rings. The number of nitrogens with zero attached hydrogens (tertiary/aromatic N) is 1. The molecule has 0 aliphatic carbocycles. The summed E-state index contributed by atoms with van der Waals surface area (Å²) in [5.74, 6) is -0.932. The second-order valence-corrected chi connectivity index (χ2v) is 5.60. The molecule has 1 aliphatic heterocycles. The van der Waals surface area contributed by atoms with Gasteiger partial charge < -0.3 is 15.2 Å². The van der Waals surface area contributed by atoms with Gasteiger partial charge in [0.15, 0.2) is 5.79 Å². The van der Waals surface area contributed by atoms with E-state index in [0.717, 1.165) is 5.56 Å². The first-order chi connectivity index (χ1) is 10.4. The van der Waals surface area contributed by atoms with Crippen LogP contribution in [-0.2, 0) is 9.47 Å². The van der Waals surface area contributed by atoms with Crippen molar-refractivity contribution in [3.63, 3.8) is 0 Å². The fourth-order valence-corrected chi connectivity index (χ4v) is 1.95. The highest BCUT2D eigenvalue weighted by molar-refractivity contribution is 5.96. The predicted molar refractivity (Wildman–Crippen MR) is 84.7 cm³/mol. The van der Waals surface area contributed by atoms with Crippen molar-refractivity contribution in [3.05, 3.63) is 35.4 Å². The molecule has 120 valence electrons. The van der Waals surface area contributed by atoms with Crippen LogP contribution in [0.1, 0.15) is 36.2 Å². The molecule has 1 aliphatic rings. The average molecular weight is 305 g/mol. The van der Waals surface area contributed by atoms with Crippen LogP contribution in [0.15, 0.2) is 29.4 Å². The maximum atomic E-state index is 12.0. The van der Waals surface area contributed by atoms with E-state index in [2.05, 4.69) is 10.5 Å². The summed E-state index contributed by atoms with van der Waals surface area (Å²) < 4.78 is 11.3. The molecule has 3 N–H and O–H groups in total. The van der Waals surface area contributed by atoms with Gasteiger partial charge in [0, 0.05) is 5.56 Å². The molecule has 0 radical (unpaired) electrons. The van der Waals surface area contributed by atoms with E-state index < -0.39 is 11.8 Å². The first-order valence-electron chi connectivity index (χ1n) is 7.40. The number of nitrogens with two attached hydrogens (primary N) is 1. The summed E-state index contributed by atoms with van der Waals surface area (Å²) >= 11 is 0. The lowest BCUT2D eigenvalue weighted by Crippen LogP contribution is -2.37. The van der Waals surface area contributed by atoms with Crippen molar-refractivity contribution in [2.24, 2.45) is 10.8 Å². The second-order valence-electron chi connectivity index (χ2n) is 5.60. The smallest absolute Gasteiger partial charge is 0.271 e. The van der Waals surface area contributed by atoms with Gasteiger partial charge in [0.2, 0.25) is 0 Å². The Morgan fingerprint density at radius 1 is 1.41 bits per heavy atom. The van der Waals surface area contributed by atoms with Gasteiger partial charge in [-0.25, -0.2) is 5.43 Å². The van der Waals surface area contributed by atoms with E-state index in [1.165, 1.54) is 0 Å². The van der Waals surface area contributed by atoms with Crippen molar-refractivity contribution in [1.82, 2.24) is 5.43 Å². The van der Waals surface area contributed by atoms with Crippen molar-refractivity contribution in [1.29, 1.82) is 0 Å². The Kier molecular flexibility index (Phi) is 5.28. The Bertz CT molecular complexity index is 556. The van der Waals surface area contributed by atoms with Gasteiger partial charge in [-0.3, -0.25) is 4.79 Å². The second kappa shape index (κ2) is 7.00. The number of rotatable bonds is 3. The van der Waals surface area contributed by atoms with E-state index in [1.807, 2.05) is 32.9 Å². The van der Waals surface area contributed by atoms with Gasteiger partial charge in [-0.05, 0) is 32.4 Å². The standard InChI is InChI=1S/C16H23N3O3/c1-4-16(3)21-9-13(17)14(10-22-16)18-19-15(20)12-7-5-11(2)6-8-12/h5-8,13H,4,9-10,17H2,1-3H3,(H,19,20)/b18-14-. The Balaban J connectivity index is 2.02. The van der Waals surface area contributed by atoms with Crippen molar-refractivity contribution in [2.75, 3.05) is 13.2 Å². The molecule has 1 fully saturated rings. The third kappa shape index (κ3) is 4.13. The molecular formula is C16H23N3O3. The van der Waals surface area contributed by atoms with Crippen LogP contribution in [0.25, 0.3) is 0 Å². The third-order valence-electron chi connectivity index (χ3n) is 3.78. The number of hydrogen-bond donors (Lipinski definition) is 2. The lowest BCUT2D eigenvalue weighted by molar-refractivity contribution is -0.211. The Labute approximate surface area is 130 Å². The Morgan fingerprint density at radius 3 is 2.73 bits per heavy atom. The molecule has 1 heterocycles. The van der Waals surface area contributed by atoms with Gasteiger partial charge in [-0.15, -0.1) is 0 Å². The van der Waals surface area contributed by atoms with Gasteiger partial charge in [-0.2, -0.15) is 5.10 Å². The maximum absolute atomic E-state index is 12.0. The summed E-state index contributed by atoms with van der Waals surface area (Å²) in [6.07, 6.45) is 0.711. The number of nitrogens with one attached hydrogen (secondary N) is 1. The Morgan fingerprint density at radius 2 is 2.09 bits per heavy atom. The summed E-state index contributed by atoms with van der Waals surface area (Å²) in [5.41, 5.74) is 10.7. The molecule has 2 unspecified atom stereocenters. The number of hydrogen-bond acceptors (Lipinski definition) is 5. The zero-order chi connectivity index (χ0) is 16.2. The van der Waals surface area contributed by atoms with Crippen molar-refractivity contribution in [2.45, 2.75) is 39.0 Å². The highest BCUT2D eigenvalue weighted by Crippen LogP contribution is 2.20. The molecule has 1 saturated heterocycles. The third-order valence-corrected chi connectivity index (χ3v) is 3.78. The zero-order valence-electron chi connectivity index (χ0n) is 13.3. The monoisotopic (exact) mass is 305 g/mol. The van der Waals surface area contributed by atoms with Crippen LogP contribution in [0.5, 0.6) is 0 Å². The quantitative estimate of drug-likeness (QED) is 0.830. The first-order valence-corrected chi connectivity index (χ1v) is 7.40. The van der Waals surface area contributed by atoms with Crippen LogP contribution >= 0.6 is 0 Å². The van der Waals surface area contributed by atoms with E-state index in [0.29, 0.717) is 24.3 Å². The van der Waals surface area contributed by atoms with Crippen molar-refractivity contribution >= 4 is 11.6 Å². The fraction of sp³-hybridized carbons (Fsp3) is 0.500. The topological polar surface area (TPSA) is 85.9 Å². The molecule has 1 aromatic carbocycles. The maximum Gasteiger partial charge on any atom is 0.271 e. The zero-order valence-corrected chi connectivity index (χ0v) is 13.3. The normalized spacial score (nSPS) is 27.5. The van der Waals surface area contributed by atoms with Gasteiger partial charge in [0.25, 0.3) is 5.91 Å². The van der Waals surface area contributed by atoms with E-state index in [1.54, 1.807) is 12.1 Å². The van der Waals surface area contributed by atoms with Crippen LogP contribution in [0.4, 0.5) is 0 Å². The lowest BCUT2D eigenvalue weighted by Gasteiger charge is -2.26. The van der Waals surface area contributed by atoms with Gasteiger partial charge in [0.1, 0.15) is 0 Å². The molecular weight excluding hydrogens is 282 g/mol. The number of carbonyl (C=O) groups is 1. The molecule has 0 spiro atoms. The van der Waals surface area contributed by atoms with E-state index >= 15 is 0 Å². The van der Waals surface area contributed by atoms with E-state index in [4.69, 9.17) is 15.2 Å². The SMILES string of the molecule is CCC1(C)OC/C(=N/NC(=O)c2ccc(C)cc2)C(N)CO1. The Hall–Kier alpha value is -1.76. The molecule has 1 amide bonds. The molecule has 0 aromatic heterocycles. The van der Waals surface area contributed by atoms with Crippen LogP contribution in [0.3, 0.4) is 0 Å². The number of ether oxygens (including phenoxy) is 2. The van der Waals surface area contributed by atoms with E-state index in [9.17, 15) is 4.79 Å². The molecule has 6 heteroatoms. The first kappa shape index (κ1) is 16.6. The summed E-state index contributed by atoms with van der Waals surface area (Å²) in [4.78, 5) is 12.0. The van der Waals surface area contributed by atoms with Gasteiger partial charge >= 0.3 is 0 Å². The largest absolute Gasteiger partial charge is 0.348 e. The highest BCUT2D eigenvalue weighted by atomic mass is 16.7. The summed E-state index contributed by atoms with van der Waals surface area (Å²) in [7, 11) is 0. The molecule has 0 saturated carbocycles. The van der Waals surface area contributed by atoms with Crippen LogP contribution in [-0.4, -0.2) is 36.7 Å². The number of amides is 1. The van der Waals surface area contributed by atoms with Crippen molar-refractivity contribution < 1.29 is 14.3 Å². The summed E-state index contributed by atoms with van der Waals surface area (Å²) in [5, 5.41) is 4.11. The molecule has 22 heavy (non-hydrogen) atoms. The predicted octanol–water partition coefficient (Wildman–Crippen LogP) is 1.58. The minimum Gasteiger partial charge on any atom is -0.348 e. The van der Waals surface area contributed by atoms with Gasteiger partial charge in [0.05, 0.1) is 25.0 Å². The average Bonchev–Trinajstić information content (AvgIpc) is 2.66. The summed E-state index contributed by atoms with van der Waals surface area (Å²) in [6.45, 7) is 6.36. The van der Waals surface area contributed by atoms with Crippen LogP contribution < -0.4 is 11.2 Å². The molecule has 6 nitrogen and oxygen atoms in total. The minimum atomic E-state index is -0.657. The van der Waals surface area contributed by atoms with Crippen LogP contribution in [0.2, 0.25) is 0 Å². The number of benzene rings is 1. The lowest BCUT2D eigenvalue weighted by atomic mass is 10.1.